The van der Waals surface area contributed by atoms with Crippen molar-refractivity contribution in [3.8, 4) is 5.88 Å². The molecule has 0 aliphatic carbocycles. The standard InChI is InChI=1S/C20H23FN2O2/c1-3-25-19-17(5-4-9-22-19)20(24)23-10-8-16(13-23)12-15-6-7-18(21)14(2)11-15/h4-7,9,11,16H,3,8,10,12-13H2,1-2H3. The minimum absolute atomic E-state index is 0.0330. The number of rotatable bonds is 5. The first-order valence-electron chi connectivity index (χ1n) is 8.70. The number of likely N-dealkylation sites (tertiary alicyclic amines) is 1. The molecule has 0 N–H and O–H groups in total. The molecule has 0 radical (unpaired) electrons. The lowest BCUT2D eigenvalue weighted by atomic mass is 9.97. The Morgan fingerprint density at radius 3 is 3.00 bits per heavy atom. The van der Waals surface area contributed by atoms with Gasteiger partial charge in [0.2, 0.25) is 5.88 Å². The second-order valence-electron chi connectivity index (χ2n) is 6.48. The largest absolute Gasteiger partial charge is 0.477 e. The molecule has 2 aromatic rings. The number of pyridine rings is 1. The third kappa shape index (κ3) is 3.98. The van der Waals surface area contributed by atoms with Crippen molar-refractivity contribution in [3.63, 3.8) is 0 Å². The first kappa shape index (κ1) is 17.4. The van der Waals surface area contributed by atoms with Crippen molar-refractivity contribution in [1.29, 1.82) is 0 Å². The number of hydrogen-bond donors (Lipinski definition) is 0. The fourth-order valence-corrected chi connectivity index (χ4v) is 3.33. The van der Waals surface area contributed by atoms with Crippen LogP contribution >= 0.6 is 0 Å². The Morgan fingerprint density at radius 2 is 2.24 bits per heavy atom. The first-order valence-corrected chi connectivity index (χ1v) is 8.70. The monoisotopic (exact) mass is 342 g/mol. The molecule has 1 atom stereocenters. The van der Waals surface area contributed by atoms with Gasteiger partial charge in [-0.25, -0.2) is 9.37 Å². The predicted octanol–water partition coefficient (Wildman–Crippen LogP) is 3.63. The average molecular weight is 342 g/mol. The maximum Gasteiger partial charge on any atom is 0.259 e. The number of aromatic nitrogens is 1. The lowest BCUT2D eigenvalue weighted by Gasteiger charge is -2.18. The summed E-state index contributed by atoms with van der Waals surface area (Å²) in [5.41, 5.74) is 2.30. The number of hydrogen-bond acceptors (Lipinski definition) is 3. The molecule has 0 saturated carbocycles. The Kier molecular flexibility index (Phi) is 5.31. The summed E-state index contributed by atoms with van der Waals surface area (Å²) in [7, 11) is 0. The lowest BCUT2D eigenvalue weighted by molar-refractivity contribution is 0.0782. The molecular weight excluding hydrogens is 319 g/mol. The van der Waals surface area contributed by atoms with Gasteiger partial charge >= 0.3 is 0 Å². The highest BCUT2D eigenvalue weighted by Crippen LogP contribution is 2.25. The van der Waals surface area contributed by atoms with E-state index in [2.05, 4.69) is 4.98 Å². The van der Waals surface area contributed by atoms with Crippen molar-refractivity contribution in [3.05, 3.63) is 59.0 Å². The van der Waals surface area contributed by atoms with Gasteiger partial charge in [-0.15, -0.1) is 0 Å². The van der Waals surface area contributed by atoms with E-state index in [0.29, 0.717) is 36.1 Å². The van der Waals surface area contributed by atoms with Crippen molar-refractivity contribution in [1.82, 2.24) is 9.88 Å². The van der Waals surface area contributed by atoms with E-state index < -0.39 is 0 Å². The molecule has 4 nitrogen and oxygen atoms in total. The predicted molar refractivity (Wildman–Crippen MR) is 94.3 cm³/mol. The van der Waals surface area contributed by atoms with E-state index in [0.717, 1.165) is 24.9 Å². The third-order valence-corrected chi connectivity index (χ3v) is 4.60. The summed E-state index contributed by atoms with van der Waals surface area (Å²) in [5, 5.41) is 0. The van der Waals surface area contributed by atoms with Gasteiger partial charge in [0.1, 0.15) is 11.4 Å². The fraction of sp³-hybridized carbons (Fsp3) is 0.400. The van der Waals surface area contributed by atoms with Gasteiger partial charge in [0, 0.05) is 19.3 Å². The Hall–Kier alpha value is -2.43. The van der Waals surface area contributed by atoms with Crippen molar-refractivity contribution < 1.29 is 13.9 Å². The van der Waals surface area contributed by atoms with Crippen molar-refractivity contribution in [2.24, 2.45) is 5.92 Å². The van der Waals surface area contributed by atoms with E-state index in [1.54, 1.807) is 25.3 Å². The Morgan fingerprint density at radius 1 is 1.40 bits per heavy atom. The molecule has 0 spiro atoms. The molecule has 1 aliphatic rings. The van der Waals surface area contributed by atoms with E-state index >= 15 is 0 Å². The highest BCUT2D eigenvalue weighted by Gasteiger charge is 2.29. The quantitative estimate of drug-likeness (QED) is 0.833. The van der Waals surface area contributed by atoms with E-state index in [1.807, 2.05) is 24.0 Å². The maximum atomic E-state index is 13.4. The van der Waals surface area contributed by atoms with Gasteiger partial charge in [-0.1, -0.05) is 12.1 Å². The number of halogens is 1. The molecule has 0 bridgehead atoms. The minimum Gasteiger partial charge on any atom is -0.477 e. The number of benzene rings is 1. The van der Waals surface area contributed by atoms with E-state index in [9.17, 15) is 9.18 Å². The van der Waals surface area contributed by atoms with Crippen LogP contribution < -0.4 is 4.74 Å². The van der Waals surface area contributed by atoms with Gasteiger partial charge in [0.05, 0.1) is 6.61 Å². The van der Waals surface area contributed by atoms with Gasteiger partial charge in [-0.2, -0.15) is 0 Å². The van der Waals surface area contributed by atoms with Crippen LogP contribution in [0.25, 0.3) is 0 Å². The molecule has 1 unspecified atom stereocenters. The molecule has 5 heteroatoms. The number of nitrogens with zero attached hydrogens (tertiary/aromatic N) is 2. The Labute approximate surface area is 147 Å². The Bertz CT molecular complexity index is 763. The van der Waals surface area contributed by atoms with Crippen molar-refractivity contribution in [2.75, 3.05) is 19.7 Å². The highest BCUT2D eigenvalue weighted by molar-refractivity contribution is 5.96. The van der Waals surface area contributed by atoms with Crippen molar-refractivity contribution in [2.45, 2.75) is 26.7 Å². The van der Waals surface area contributed by atoms with Crippen LogP contribution in [0.1, 0.15) is 34.8 Å². The zero-order valence-electron chi connectivity index (χ0n) is 14.7. The number of carbonyl (C=O) groups is 1. The minimum atomic E-state index is -0.174. The lowest BCUT2D eigenvalue weighted by Crippen LogP contribution is -2.29. The topological polar surface area (TPSA) is 42.4 Å². The summed E-state index contributed by atoms with van der Waals surface area (Å²) in [5.74, 6) is 0.579. The summed E-state index contributed by atoms with van der Waals surface area (Å²) in [6.07, 6.45) is 3.44. The molecule has 1 aromatic heterocycles. The smallest absolute Gasteiger partial charge is 0.259 e. The molecule has 2 heterocycles. The van der Waals surface area contributed by atoms with Crippen LogP contribution in [0.2, 0.25) is 0 Å². The second-order valence-corrected chi connectivity index (χ2v) is 6.48. The Balaban J connectivity index is 1.66. The normalized spacial score (nSPS) is 16.9. The fourth-order valence-electron chi connectivity index (χ4n) is 3.33. The maximum absolute atomic E-state index is 13.4. The summed E-state index contributed by atoms with van der Waals surface area (Å²) in [6, 6.07) is 8.77. The number of carbonyl (C=O) groups excluding carboxylic acids is 1. The summed E-state index contributed by atoms with van der Waals surface area (Å²) in [6.45, 7) is 5.56. The number of amides is 1. The molecule has 1 fully saturated rings. The van der Waals surface area contributed by atoms with Gasteiger partial charge < -0.3 is 9.64 Å². The van der Waals surface area contributed by atoms with Gasteiger partial charge in [-0.05, 0) is 61.9 Å². The van der Waals surface area contributed by atoms with Crippen LogP contribution in [0.3, 0.4) is 0 Å². The van der Waals surface area contributed by atoms with Gasteiger partial charge in [-0.3, -0.25) is 4.79 Å². The molecule has 1 amide bonds. The van der Waals surface area contributed by atoms with Crippen LogP contribution in [-0.4, -0.2) is 35.5 Å². The van der Waals surface area contributed by atoms with Gasteiger partial charge in [0.25, 0.3) is 5.91 Å². The molecule has 25 heavy (non-hydrogen) atoms. The van der Waals surface area contributed by atoms with E-state index in [-0.39, 0.29) is 11.7 Å². The van der Waals surface area contributed by atoms with Gasteiger partial charge in [0.15, 0.2) is 0 Å². The molecule has 132 valence electrons. The van der Waals surface area contributed by atoms with Crippen LogP contribution in [0, 0.1) is 18.7 Å². The second kappa shape index (κ2) is 7.64. The SMILES string of the molecule is CCOc1ncccc1C(=O)N1CCC(Cc2ccc(F)c(C)c2)C1. The van der Waals surface area contributed by atoms with Crippen LogP contribution in [0.4, 0.5) is 4.39 Å². The first-order chi connectivity index (χ1) is 12.1. The summed E-state index contributed by atoms with van der Waals surface area (Å²) < 4.78 is 18.9. The zero-order chi connectivity index (χ0) is 17.8. The number of aryl methyl sites for hydroxylation is 1. The number of ether oxygens (including phenoxy) is 1. The van der Waals surface area contributed by atoms with Crippen LogP contribution in [0.5, 0.6) is 5.88 Å². The van der Waals surface area contributed by atoms with E-state index in [1.165, 1.54) is 6.07 Å². The summed E-state index contributed by atoms with van der Waals surface area (Å²) in [4.78, 5) is 18.8. The molecular formula is C20H23FN2O2. The van der Waals surface area contributed by atoms with Crippen LogP contribution in [-0.2, 0) is 6.42 Å². The molecule has 3 rings (SSSR count). The van der Waals surface area contributed by atoms with Crippen LogP contribution in [0.15, 0.2) is 36.5 Å². The van der Waals surface area contributed by atoms with Crippen molar-refractivity contribution >= 4 is 5.91 Å². The molecule has 1 aliphatic heterocycles. The molecule has 1 aromatic carbocycles. The zero-order valence-corrected chi connectivity index (χ0v) is 14.7. The molecule has 1 saturated heterocycles. The summed E-state index contributed by atoms with van der Waals surface area (Å²) >= 11 is 0. The average Bonchev–Trinajstić information content (AvgIpc) is 3.07. The van der Waals surface area contributed by atoms with E-state index in [4.69, 9.17) is 4.74 Å². The third-order valence-electron chi connectivity index (χ3n) is 4.60. The highest BCUT2D eigenvalue weighted by atomic mass is 19.1.